The maximum absolute atomic E-state index is 12.4. The van der Waals surface area contributed by atoms with Gasteiger partial charge in [-0.25, -0.2) is 9.78 Å². The molecule has 198 valence electrons. The van der Waals surface area contributed by atoms with E-state index < -0.39 is 11.7 Å². The number of rotatable bonds is 4. The fourth-order valence-electron chi connectivity index (χ4n) is 5.44. The quantitative estimate of drug-likeness (QED) is 0.413. The lowest BCUT2D eigenvalue weighted by atomic mass is 10.0. The number of nitrogens with zero attached hydrogens (tertiary/aromatic N) is 5. The number of hydrogen-bond donors (Lipinski definition) is 1. The van der Waals surface area contributed by atoms with Crippen LogP contribution in [0.4, 0.5) is 10.7 Å². The zero-order valence-electron chi connectivity index (χ0n) is 22.3. The summed E-state index contributed by atoms with van der Waals surface area (Å²) in [5.74, 6) is 2.35. The monoisotopic (exact) mass is 516 g/mol. The van der Waals surface area contributed by atoms with Crippen molar-refractivity contribution in [3.63, 3.8) is 0 Å². The molecule has 10 nitrogen and oxygen atoms in total. The van der Waals surface area contributed by atoms with Crippen molar-refractivity contribution in [1.82, 2.24) is 25.0 Å². The second kappa shape index (κ2) is 9.04. The highest BCUT2D eigenvalue weighted by molar-refractivity contribution is 5.94. The van der Waals surface area contributed by atoms with Crippen LogP contribution in [-0.2, 0) is 4.74 Å². The molecule has 5 heterocycles. The molecule has 2 aliphatic heterocycles. The average molecular weight is 517 g/mol. The van der Waals surface area contributed by atoms with Gasteiger partial charge in [-0.2, -0.15) is 0 Å². The smallest absolute Gasteiger partial charge is 0.407 e. The minimum atomic E-state index is -0.543. The predicted octanol–water partition coefficient (Wildman–Crippen LogP) is 4.79. The number of imidazole rings is 1. The van der Waals surface area contributed by atoms with Crippen LogP contribution in [0.25, 0.3) is 22.2 Å². The van der Waals surface area contributed by atoms with Crippen molar-refractivity contribution in [2.24, 2.45) is 0 Å². The Morgan fingerprint density at radius 1 is 1.18 bits per heavy atom. The summed E-state index contributed by atoms with van der Waals surface area (Å²) in [6.45, 7) is 11.2. The number of aromatic nitrogens is 4. The number of pyridine rings is 1. The summed E-state index contributed by atoms with van der Waals surface area (Å²) in [4.78, 5) is 24.4. The third-order valence-electron chi connectivity index (χ3n) is 7.01. The van der Waals surface area contributed by atoms with Gasteiger partial charge < -0.3 is 24.2 Å². The Morgan fingerprint density at radius 3 is 2.74 bits per heavy atom. The van der Waals surface area contributed by atoms with Crippen LogP contribution in [0.5, 0.6) is 5.75 Å². The van der Waals surface area contributed by atoms with E-state index in [0.29, 0.717) is 13.2 Å². The molecule has 2 aliphatic rings. The number of alkyl carbamates (subject to hydrolysis) is 1. The van der Waals surface area contributed by atoms with Gasteiger partial charge in [0.2, 0.25) is 5.95 Å². The number of carbonyl (C=O) groups is 1. The Balaban J connectivity index is 1.42. The molecule has 0 bridgehead atoms. The molecule has 4 aromatic rings. The first-order valence-electron chi connectivity index (χ1n) is 13.0. The first-order valence-corrected chi connectivity index (χ1v) is 13.0. The van der Waals surface area contributed by atoms with E-state index in [-0.39, 0.29) is 12.1 Å². The van der Waals surface area contributed by atoms with Gasteiger partial charge in [0.15, 0.2) is 5.75 Å². The molecule has 1 aromatic carbocycles. The van der Waals surface area contributed by atoms with Crippen LogP contribution in [0.3, 0.4) is 0 Å². The minimum Gasteiger partial charge on any atom is -0.488 e. The summed E-state index contributed by atoms with van der Waals surface area (Å²) in [5.41, 5.74) is 4.82. The first-order chi connectivity index (χ1) is 18.2. The average Bonchev–Trinajstić information content (AvgIpc) is 3.57. The molecular weight excluding hydrogens is 484 g/mol. The summed E-state index contributed by atoms with van der Waals surface area (Å²) in [7, 11) is 0. The molecule has 0 saturated carbocycles. The number of benzene rings is 1. The van der Waals surface area contributed by atoms with E-state index in [1.165, 1.54) is 0 Å². The number of ether oxygens (including phenoxy) is 2. The number of anilines is 1. The number of amides is 1. The summed E-state index contributed by atoms with van der Waals surface area (Å²) in [6, 6.07) is 9.78. The molecule has 1 fully saturated rings. The Morgan fingerprint density at radius 2 is 2.03 bits per heavy atom. The van der Waals surface area contributed by atoms with Crippen LogP contribution >= 0.6 is 0 Å². The van der Waals surface area contributed by atoms with E-state index >= 15 is 0 Å². The topological polar surface area (TPSA) is 108 Å². The van der Waals surface area contributed by atoms with Crippen molar-refractivity contribution in [3.05, 3.63) is 53.7 Å². The van der Waals surface area contributed by atoms with Crippen LogP contribution in [0.15, 0.2) is 41.1 Å². The number of carbonyl (C=O) groups excluding carboxylic acids is 1. The predicted molar refractivity (Wildman–Crippen MR) is 143 cm³/mol. The minimum absolute atomic E-state index is 0.0389. The Kier molecular flexibility index (Phi) is 5.77. The molecular formula is C28H32N6O4. The molecule has 0 aliphatic carbocycles. The zero-order valence-corrected chi connectivity index (χ0v) is 22.3. The lowest BCUT2D eigenvalue weighted by Gasteiger charge is -2.30. The van der Waals surface area contributed by atoms with Crippen molar-refractivity contribution < 1.29 is 18.8 Å². The molecule has 10 heteroatoms. The molecule has 0 unspecified atom stereocenters. The largest absolute Gasteiger partial charge is 0.488 e. The maximum Gasteiger partial charge on any atom is 0.407 e. The third kappa shape index (κ3) is 4.23. The highest BCUT2D eigenvalue weighted by Gasteiger charge is 2.36. The molecule has 2 atom stereocenters. The zero-order chi connectivity index (χ0) is 26.6. The standard InChI is InChI=1S/C28H32N6O4/c1-16-23(17(2)38-32-16)19-9-10-21-24-25(19)36-15-22(20-8-6-7-12-29-20)34(24)26(31-21)33-13-11-18(14-33)30-27(35)37-28(3,4)5/h6-10,12,18,22H,11,13-15H2,1-5H3,(H,30,35)/t18-,22-/m1/s1. The summed E-state index contributed by atoms with van der Waals surface area (Å²) >= 11 is 0. The molecule has 38 heavy (non-hydrogen) atoms. The number of nitrogens with one attached hydrogen (secondary N) is 1. The maximum atomic E-state index is 12.4. The number of aryl methyl sites for hydroxylation is 2. The van der Waals surface area contributed by atoms with Gasteiger partial charge in [0.25, 0.3) is 0 Å². The Hall–Kier alpha value is -4.08. The lowest BCUT2D eigenvalue weighted by Crippen LogP contribution is -2.41. The molecule has 6 rings (SSSR count). The second-order valence-corrected chi connectivity index (χ2v) is 11.0. The fraction of sp³-hybridized carbons (Fsp3) is 0.429. The van der Waals surface area contributed by atoms with E-state index in [4.69, 9.17) is 19.0 Å². The highest BCUT2D eigenvalue weighted by atomic mass is 16.6. The van der Waals surface area contributed by atoms with Gasteiger partial charge in [-0.1, -0.05) is 11.2 Å². The van der Waals surface area contributed by atoms with Gasteiger partial charge in [0.1, 0.15) is 29.5 Å². The summed E-state index contributed by atoms with van der Waals surface area (Å²) in [5, 5.41) is 7.18. The van der Waals surface area contributed by atoms with Crippen molar-refractivity contribution in [2.75, 3.05) is 24.6 Å². The van der Waals surface area contributed by atoms with Crippen molar-refractivity contribution >= 4 is 23.1 Å². The summed E-state index contributed by atoms with van der Waals surface area (Å²) < 4.78 is 19.6. The Bertz CT molecular complexity index is 1480. The summed E-state index contributed by atoms with van der Waals surface area (Å²) in [6.07, 6.45) is 2.20. The van der Waals surface area contributed by atoms with Crippen LogP contribution in [-0.4, -0.2) is 57.1 Å². The van der Waals surface area contributed by atoms with E-state index in [1.807, 2.05) is 65.0 Å². The van der Waals surface area contributed by atoms with Crippen LogP contribution in [0.1, 0.15) is 50.4 Å². The third-order valence-corrected chi connectivity index (χ3v) is 7.01. The van der Waals surface area contributed by atoms with Gasteiger partial charge in [0, 0.05) is 24.8 Å². The first kappa shape index (κ1) is 24.3. The van der Waals surface area contributed by atoms with E-state index in [2.05, 4.69) is 24.9 Å². The van der Waals surface area contributed by atoms with Gasteiger partial charge in [0.05, 0.1) is 28.5 Å². The molecule has 1 amide bonds. The van der Waals surface area contributed by atoms with Gasteiger partial charge in [-0.3, -0.25) is 9.55 Å². The second-order valence-electron chi connectivity index (χ2n) is 11.0. The van der Waals surface area contributed by atoms with E-state index in [9.17, 15) is 4.79 Å². The molecule has 0 radical (unpaired) electrons. The molecule has 3 aromatic heterocycles. The van der Waals surface area contributed by atoms with E-state index in [1.54, 1.807) is 6.20 Å². The van der Waals surface area contributed by atoms with Crippen LogP contribution in [0.2, 0.25) is 0 Å². The van der Waals surface area contributed by atoms with Gasteiger partial charge in [-0.05, 0) is 65.3 Å². The van der Waals surface area contributed by atoms with E-state index in [0.717, 1.165) is 64.0 Å². The molecule has 1 N–H and O–H groups in total. The van der Waals surface area contributed by atoms with Gasteiger partial charge in [-0.15, -0.1) is 0 Å². The molecule has 1 saturated heterocycles. The SMILES string of the molecule is Cc1noc(C)c1-c1ccc2nc(N3CC[C@@H](NC(=O)OC(C)(C)C)C3)n3c2c1OC[C@@H]3c1ccccn1. The fourth-order valence-corrected chi connectivity index (χ4v) is 5.44. The van der Waals surface area contributed by atoms with Crippen LogP contribution in [0, 0.1) is 13.8 Å². The van der Waals surface area contributed by atoms with Gasteiger partial charge >= 0.3 is 6.09 Å². The highest BCUT2D eigenvalue weighted by Crippen LogP contribution is 2.46. The molecule has 0 spiro atoms. The van der Waals surface area contributed by atoms with Crippen molar-refractivity contribution in [3.8, 4) is 16.9 Å². The lowest BCUT2D eigenvalue weighted by molar-refractivity contribution is 0.0509. The Labute approximate surface area is 220 Å². The van der Waals surface area contributed by atoms with Crippen molar-refractivity contribution in [2.45, 2.75) is 58.7 Å². The normalized spacial score (nSPS) is 19.0. The van der Waals surface area contributed by atoms with Crippen molar-refractivity contribution in [1.29, 1.82) is 0 Å². The van der Waals surface area contributed by atoms with Crippen LogP contribution < -0.4 is 15.0 Å². The number of hydrogen-bond acceptors (Lipinski definition) is 8.